The predicted octanol–water partition coefficient (Wildman–Crippen LogP) is 2.86. The molecule has 1 amide bonds. The third-order valence-electron chi connectivity index (χ3n) is 4.20. The number of benzene rings is 1. The van der Waals surface area contributed by atoms with E-state index in [4.69, 9.17) is 15.0 Å². The molecule has 0 aliphatic carbocycles. The topological polar surface area (TPSA) is 146 Å². The van der Waals surface area contributed by atoms with Crippen LogP contribution < -0.4 is 5.32 Å². The van der Waals surface area contributed by atoms with Crippen LogP contribution in [0, 0.1) is 0 Å². The largest absolute Gasteiger partial charge is 0.490 e. The summed E-state index contributed by atoms with van der Waals surface area (Å²) in [5, 5.41) is 24.8. The summed E-state index contributed by atoms with van der Waals surface area (Å²) in [5.41, 5.74) is -2.59. The number of rotatable bonds is 5. The summed E-state index contributed by atoms with van der Waals surface area (Å²) in [4.78, 5) is 35.8. The summed E-state index contributed by atoms with van der Waals surface area (Å²) in [6, 6.07) is 4.77. The number of hydrogen-bond donors (Lipinski definition) is 3. The molecule has 33 heavy (non-hydrogen) atoms. The SMILES string of the molecule is Cn1c(C(=O)O)cnc1CNC(=O)c1ccc(C2(C(F)(F)F)N=N2)cc1.O=C(O)C(F)(F)F. The number of aliphatic carboxylic acids is 1. The number of nitrogens with one attached hydrogen (secondary N) is 1. The van der Waals surface area contributed by atoms with Gasteiger partial charge in [0.05, 0.1) is 12.7 Å². The fourth-order valence-corrected chi connectivity index (χ4v) is 2.37. The van der Waals surface area contributed by atoms with E-state index < -0.39 is 35.9 Å². The lowest BCUT2D eigenvalue weighted by Gasteiger charge is -2.15. The number of alkyl halides is 6. The first-order valence-electron chi connectivity index (χ1n) is 8.53. The number of hydrogen-bond acceptors (Lipinski definition) is 6. The summed E-state index contributed by atoms with van der Waals surface area (Å²) in [7, 11) is 1.49. The standard InChI is InChI=1S/C15H12F3N5O3.C2HF3O2/c1-23-10(13(25)26)6-19-11(23)7-20-12(24)8-2-4-9(5-3-8)14(21-22-14)15(16,17)18;3-2(4,5)1(6)7/h2-6H,7H2,1H3,(H,20,24)(H,25,26);(H,6,7). The third-order valence-corrected chi connectivity index (χ3v) is 4.20. The Morgan fingerprint density at radius 2 is 1.55 bits per heavy atom. The molecule has 2 heterocycles. The highest BCUT2D eigenvalue weighted by atomic mass is 19.4. The Bertz CT molecular complexity index is 1090. The van der Waals surface area contributed by atoms with Crippen LogP contribution in [0.15, 0.2) is 40.7 Å². The third kappa shape index (κ3) is 5.64. The van der Waals surface area contributed by atoms with E-state index in [0.29, 0.717) is 5.82 Å². The minimum absolute atomic E-state index is 0.0343. The Labute approximate surface area is 179 Å². The van der Waals surface area contributed by atoms with Gasteiger partial charge in [0.2, 0.25) is 0 Å². The summed E-state index contributed by atoms with van der Waals surface area (Å²) in [6.45, 7) is -0.0402. The van der Waals surface area contributed by atoms with Gasteiger partial charge in [-0.25, -0.2) is 14.6 Å². The number of carboxylic acid groups (broad SMARTS) is 2. The van der Waals surface area contributed by atoms with Crippen LogP contribution in [-0.4, -0.2) is 50.0 Å². The van der Waals surface area contributed by atoms with Crippen molar-refractivity contribution in [3.05, 3.63) is 53.1 Å². The van der Waals surface area contributed by atoms with E-state index in [2.05, 4.69) is 20.5 Å². The van der Waals surface area contributed by atoms with E-state index in [1.165, 1.54) is 23.7 Å². The zero-order chi connectivity index (χ0) is 25.2. The molecule has 1 aromatic carbocycles. The van der Waals surface area contributed by atoms with Gasteiger partial charge < -0.3 is 20.1 Å². The van der Waals surface area contributed by atoms with E-state index >= 15 is 0 Å². The number of halogens is 6. The van der Waals surface area contributed by atoms with Crippen LogP contribution in [0.5, 0.6) is 0 Å². The van der Waals surface area contributed by atoms with Crippen LogP contribution in [0.3, 0.4) is 0 Å². The van der Waals surface area contributed by atoms with Crippen LogP contribution in [0.4, 0.5) is 26.3 Å². The fourth-order valence-electron chi connectivity index (χ4n) is 2.37. The molecule has 0 unspecified atom stereocenters. The monoisotopic (exact) mass is 481 g/mol. The molecule has 0 atom stereocenters. The molecule has 16 heteroatoms. The maximum absolute atomic E-state index is 12.9. The second-order valence-electron chi connectivity index (χ2n) is 6.36. The molecule has 2 aromatic rings. The Morgan fingerprint density at radius 3 is 1.91 bits per heavy atom. The van der Waals surface area contributed by atoms with Crippen molar-refractivity contribution in [2.45, 2.75) is 24.6 Å². The number of aromatic nitrogens is 2. The lowest BCUT2D eigenvalue weighted by molar-refractivity contribution is -0.192. The number of amides is 1. The molecule has 10 nitrogen and oxygen atoms in total. The van der Waals surface area contributed by atoms with E-state index in [1.807, 2.05) is 0 Å². The summed E-state index contributed by atoms with van der Waals surface area (Å²) < 4.78 is 71.8. The first kappa shape index (κ1) is 25.3. The Balaban J connectivity index is 0.000000479. The van der Waals surface area contributed by atoms with Crippen molar-refractivity contribution in [1.29, 1.82) is 0 Å². The van der Waals surface area contributed by atoms with Crippen LogP contribution in [-0.2, 0) is 24.0 Å². The van der Waals surface area contributed by atoms with E-state index in [1.54, 1.807) is 0 Å². The van der Waals surface area contributed by atoms with Crippen molar-refractivity contribution in [1.82, 2.24) is 14.9 Å². The number of carbonyl (C=O) groups is 3. The lowest BCUT2D eigenvalue weighted by Crippen LogP contribution is -2.30. The minimum Gasteiger partial charge on any atom is -0.477 e. The van der Waals surface area contributed by atoms with Crippen molar-refractivity contribution in [2.75, 3.05) is 0 Å². The molecule has 0 saturated heterocycles. The van der Waals surface area contributed by atoms with Gasteiger partial charge in [0.15, 0.2) is 0 Å². The number of carbonyl (C=O) groups excluding carboxylic acids is 1. The van der Waals surface area contributed by atoms with E-state index in [-0.39, 0.29) is 23.4 Å². The van der Waals surface area contributed by atoms with Gasteiger partial charge in [0.25, 0.3) is 5.91 Å². The van der Waals surface area contributed by atoms with Crippen LogP contribution >= 0.6 is 0 Å². The van der Waals surface area contributed by atoms with Gasteiger partial charge >= 0.3 is 30.0 Å². The van der Waals surface area contributed by atoms with E-state index in [0.717, 1.165) is 18.3 Å². The molecule has 0 saturated carbocycles. The zero-order valence-corrected chi connectivity index (χ0v) is 16.3. The van der Waals surface area contributed by atoms with Crippen molar-refractivity contribution < 1.29 is 50.9 Å². The van der Waals surface area contributed by atoms with Crippen LogP contribution in [0.1, 0.15) is 32.2 Å². The average Bonchev–Trinajstić information content (AvgIpc) is 3.44. The van der Waals surface area contributed by atoms with Gasteiger partial charge in [-0.3, -0.25) is 4.79 Å². The molecule has 0 spiro atoms. The minimum atomic E-state index is -5.08. The van der Waals surface area contributed by atoms with Gasteiger partial charge in [-0.2, -0.15) is 26.3 Å². The summed E-state index contributed by atoms with van der Waals surface area (Å²) in [5.74, 6) is -4.13. The van der Waals surface area contributed by atoms with Crippen LogP contribution in [0.2, 0.25) is 0 Å². The molecular weight excluding hydrogens is 468 g/mol. The maximum Gasteiger partial charge on any atom is 0.490 e. The Hall–Kier alpha value is -3.98. The normalized spacial score (nSPS) is 14.2. The molecule has 1 aliphatic heterocycles. The highest BCUT2D eigenvalue weighted by Crippen LogP contribution is 2.52. The Morgan fingerprint density at radius 1 is 1.03 bits per heavy atom. The van der Waals surface area contributed by atoms with Gasteiger partial charge in [-0.1, -0.05) is 12.1 Å². The van der Waals surface area contributed by atoms with Crippen molar-refractivity contribution in [3.8, 4) is 0 Å². The molecule has 3 N–H and O–H groups in total. The maximum atomic E-state index is 12.9. The second kappa shape index (κ2) is 8.87. The van der Waals surface area contributed by atoms with Gasteiger partial charge in [0, 0.05) is 18.2 Å². The molecule has 1 aliphatic rings. The molecule has 3 rings (SSSR count). The molecule has 1 aromatic heterocycles. The second-order valence-corrected chi connectivity index (χ2v) is 6.36. The highest BCUT2D eigenvalue weighted by Gasteiger charge is 2.65. The average molecular weight is 481 g/mol. The molecule has 0 radical (unpaired) electrons. The van der Waals surface area contributed by atoms with E-state index in [9.17, 15) is 35.9 Å². The van der Waals surface area contributed by atoms with Gasteiger partial charge in [-0.15, -0.1) is 10.2 Å². The van der Waals surface area contributed by atoms with Crippen molar-refractivity contribution >= 4 is 17.8 Å². The van der Waals surface area contributed by atoms with Gasteiger partial charge in [-0.05, 0) is 12.1 Å². The number of aromatic carboxylic acids is 1. The first-order chi connectivity index (χ1) is 15.1. The smallest absolute Gasteiger partial charge is 0.477 e. The number of imidazole rings is 1. The number of carboxylic acids is 2. The quantitative estimate of drug-likeness (QED) is 0.560. The highest BCUT2D eigenvalue weighted by molar-refractivity contribution is 5.94. The summed E-state index contributed by atoms with van der Waals surface area (Å²) in [6.07, 6.45) is -8.55. The first-order valence-corrected chi connectivity index (χ1v) is 8.53. The molecule has 0 bridgehead atoms. The lowest BCUT2D eigenvalue weighted by atomic mass is 10.0. The predicted molar refractivity (Wildman–Crippen MR) is 94.1 cm³/mol. The number of nitrogens with zero attached hydrogens (tertiary/aromatic N) is 4. The molecule has 178 valence electrons. The fraction of sp³-hybridized carbons (Fsp3) is 0.294. The van der Waals surface area contributed by atoms with Crippen LogP contribution in [0.25, 0.3) is 0 Å². The zero-order valence-electron chi connectivity index (χ0n) is 16.3. The molecular formula is C17H13F6N5O5. The molecule has 0 fully saturated rings. The Kier molecular flexibility index (Phi) is 6.80. The van der Waals surface area contributed by atoms with Gasteiger partial charge in [0.1, 0.15) is 11.5 Å². The van der Waals surface area contributed by atoms with Crippen molar-refractivity contribution in [2.24, 2.45) is 17.3 Å². The summed E-state index contributed by atoms with van der Waals surface area (Å²) >= 11 is 0. The van der Waals surface area contributed by atoms with Crippen molar-refractivity contribution in [3.63, 3.8) is 0 Å².